The van der Waals surface area contributed by atoms with Crippen molar-refractivity contribution >= 4 is 29.9 Å². The van der Waals surface area contributed by atoms with Crippen molar-refractivity contribution in [3.05, 3.63) is 0 Å². The Balaban J connectivity index is 0.00000400. The quantitative estimate of drug-likeness (QED) is 0.385. The molecule has 0 amide bonds. The lowest BCUT2D eigenvalue weighted by Crippen LogP contribution is -2.42. The number of aliphatic imine (C=N–C) groups is 1. The Bertz CT molecular complexity index is 275. The number of rotatable bonds is 7. The maximum Gasteiger partial charge on any atom is 0.191 e. The highest BCUT2D eigenvalue weighted by Gasteiger charge is 2.17. The van der Waals surface area contributed by atoms with Gasteiger partial charge < -0.3 is 15.5 Å². The molecule has 1 aliphatic heterocycles. The molecule has 0 aromatic carbocycles. The average molecular weight is 410 g/mol. The van der Waals surface area contributed by atoms with Gasteiger partial charge in [0.15, 0.2) is 5.96 Å². The van der Waals surface area contributed by atoms with Gasteiger partial charge in [0.25, 0.3) is 0 Å². The van der Waals surface area contributed by atoms with E-state index in [0.717, 1.165) is 31.4 Å². The van der Waals surface area contributed by atoms with E-state index in [2.05, 4.69) is 43.2 Å². The van der Waals surface area contributed by atoms with Crippen molar-refractivity contribution in [1.82, 2.24) is 15.5 Å². The van der Waals surface area contributed by atoms with Crippen LogP contribution in [-0.2, 0) is 0 Å². The lowest BCUT2D eigenvalue weighted by atomic mass is 9.94. The van der Waals surface area contributed by atoms with Gasteiger partial charge in [-0.2, -0.15) is 0 Å². The molecule has 0 radical (unpaired) electrons. The van der Waals surface area contributed by atoms with Gasteiger partial charge in [-0.05, 0) is 65.1 Å². The molecule has 1 saturated heterocycles. The van der Waals surface area contributed by atoms with Crippen molar-refractivity contribution < 1.29 is 0 Å². The van der Waals surface area contributed by atoms with Crippen molar-refractivity contribution in [2.45, 2.75) is 59.4 Å². The number of nitrogens with zero attached hydrogens (tertiary/aromatic N) is 2. The molecule has 21 heavy (non-hydrogen) atoms. The van der Waals surface area contributed by atoms with E-state index in [1.54, 1.807) is 0 Å². The molecule has 1 aliphatic rings. The molecule has 0 bridgehead atoms. The third-order valence-electron chi connectivity index (χ3n) is 4.30. The number of nitrogens with one attached hydrogen (secondary N) is 2. The third kappa shape index (κ3) is 8.86. The van der Waals surface area contributed by atoms with Gasteiger partial charge in [-0.3, -0.25) is 4.99 Å². The van der Waals surface area contributed by atoms with E-state index in [4.69, 9.17) is 4.99 Å². The fourth-order valence-electron chi connectivity index (χ4n) is 2.61. The van der Waals surface area contributed by atoms with Crippen molar-refractivity contribution in [3.8, 4) is 0 Å². The summed E-state index contributed by atoms with van der Waals surface area (Å²) in [6.45, 7) is 14.4. The summed E-state index contributed by atoms with van der Waals surface area (Å²) in [6, 6.07) is 0.487. The summed E-state index contributed by atoms with van der Waals surface area (Å²) in [5, 5.41) is 6.78. The van der Waals surface area contributed by atoms with Crippen LogP contribution in [0.1, 0.15) is 53.4 Å². The second-order valence-corrected chi connectivity index (χ2v) is 5.88. The predicted molar refractivity (Wildman–Crippen MR) is 104 cm³/mol. The zero-order valence-electron chi connectivity index (χ0n) is 14.3. The summed E-state index contributed by atoms with van der Waals surface area (Å²) < 4.78 is 0. The molecule has 0 aliphatic carbocycles. The Morgan fingerprint density at radius 3 is 2.43 bits per heavy atom. The van der Waals surface area contributed by atoms with Gasteiger partial charge in [-0.1, -0.05) is 13.8 Å². The maximum atomic E-state index is 4.72. The first-order chi connectivity index (χ1) is 9.69. The van der Waals surface area contributed by atoms with Crippen LogP contribution in [0.15, 0.2) is 4.99 Å². The lowest BCUT2D eigenvalue weighted by Gasteiger charge is -2.30. The number of halogens is 1. The summed E-state index contributed by atoms with van der Waals surface area (Å²) in [5.74, 6) is 1.85. The molecule has 0 aromatic heterocycles. The van der Waals surface area contributed by atoms with Gasteiger partial charge in [0.2, 0.25) is 0 Å². The molecule has 126 valence electrons. The molecule has 1 atom stereocenters. The van der Waals surface area contributed by atoms with Crippen molar-refractivity contribution in [1.29, 1.82) is 0 Å². The van der Waals surface area contributed by atoms with E-state index in [1.165, 1.54) is 38.9 Å². The van der Waals surface area contributed by atoms with E-state index in [0.29, 0.717) is 6.04 Å². The fourth-order valence-corrected chi connectivity index (χ4v) is 2.61. The number of hydrogen-bond donors (Lipinski definition) is 2. The Kier molecular flexibility index (Phi) is 12.5. The van der Waals surface area contributed by atoms with E-state index in [-0.39, 0.29) is 24.0 Å². The van der Waals surface area contributed by atoms with Gasteiger partial charge in [-0.25, -0.2) is 0 Å². The highest BCUT2D eigenvalue weighted by molar-refractivity contribution is 14.0. The van der Waals surface area contributed by atoms with Crippen LogP contribution in [0.25, 0.3) is 0 Å². The zero-order chi connectivity index (χ0) is 14.8. The molecular weight excluding hydrogens is 375 g/mol. The first-order valence-electron chi connectivity index (χ1n) is 8.46. The molecule has 1 heterocycles. The molecule has 1 rings (SSSR count). The summed E-state index contributed by atoms with van der Waals surface area (Å²) in [5.41, 5.74) is 0. The standard InChI is InChI=1S/C16H34N4.HI/c1-5-14(4)19-16(17-6-2)18-11-8-15-9-12-20(7-3)13-10-15;/h14-15H,5-13H2,1-4H3,(H2,17,18,19);1H. The Morgan fingerprint density at radius 1 is 1.24 bits per heavy atom. The first kappa shape index (κ1) is 21.0. The van der Waals surface area contributed by atoms with Crippen LogP contribution in [0.5, 0.6) is 0 Å². The lowest BCUT2D eigenvalue weighted by molar-refractivity contribution is 0.188. The van der Waals surface area contributed by atoms with E-state index < -0.39 is 0 Å². The minimum atomic E-state index is 0. The van der Waals surface area contributed by atoms with Gasteiger partial charge in [0.05, 0.1) is 0 Å². The average Bonchev–Trinajstić information content (AvgIpc) is 2.48. The Hall–Kier alpha value is -0.0400. The normalized spacial score (nSPS) is 19.0. The molecule has 2 N–H and O–H groups in total. The molecule has 0 aromatic rings. The largest absolute Gasteiger partial charge is 0.357 e. The molecule has 5 heteroatoms. The zero-order valence-corrected chi connectivity index (χ0v) is 16.7. The van der Waals surface area contributed by atoms with Crippen LogP contribution in [0.2, 0.25) is 0 Å². The first-order valence-corrected chi connectivity index (χ1v) is 8.46. The highest BCUT2D eigenvalue weighted by atomic mass is 127. The molecular formula is C16H35IN4. The van der Waals surface area contributed by atoms with E-state index in [9.17, 15) is 0 Å². The molecule has 1 fully saturated rings. The number of guanidine groups is 1. The molecule has 4 nitrogen and oxygen atoms in total. The summed E-state index contributed by atoms with van der Waals surface area (Å²) in [7, 11) is 0. The fraction of sp³-hybridized carbons (Fsp3) is 0.938. The molecule has 0 saturated carbocycles. The minimum absolute atomic E-state index is 0. The topological polar surface area (TPSA) is 39.7 Å². The maximum absolute atomic E-state index is 4.72. The SMILES string of the molecule is CCNC(=NCCC1CCN(CC)CC1)NC(C)CC.I. The van der Waals surface area contributed by atoms with E-state index >= 15 is 0 Å². The molecule has 0 spiro atoms. The van der Waals surface area contributed by atoms with Crippen LogP contribution in [0.4, 0.5) is 0 Å². The van der Waals surface area contributed by atoms with Crippen molar-refractivity contribution in [3.63, 3.8) is 0 Å². The molecule has 1 unspecified atom stereocenters. The monoisotopic (exact) mass is 410 g/mol. The number of piperidine rings is 1. The summed E-state index contributed by atoms with van der Waals surface area (Å²) in [4.78, 5) is 7.27. The van der Waals surface area contributed by atoms with Gasteiger partial charge in [-0.15, -0.1) is 24.0 Å². The van der Waals surface area contributed by atoms with Crippen LogP contribution < -0.4 is 10.6 Å². The second-order valence-electron chi connectivity index (χ2n) is 5.88. The van der Waals surface area contributed by atoms with Gasteiger partial charge in [0, 0.05) is 19.1 Å². The van der Waals surface area contributed by atoms with Crippen LogP contribution in [-0.4, -0.2) is 49.6 Å². The van der Waals surface area contributed by atoms with Gasteiger partial charge in [0.1, 0.15) is 0 Å². The predicted octanol–water partition coefficient (Wildman–Crippen LogP) is 3.08. The Morgan fingerprint density at radius 2 is 1.90 bits per heavy atom. The van der Waals surface area contributed by atoms with Gasteiger partial charge >= 0.3 is 0 Å². The van der Waals surface area contributed by atoms with Crippen molar-refractivity contribution in [2.75, 3.05) is 32.7 Å². The van der Waals surface area contributed by atoms with Crippen molar-refractivity contribution in [2.24, 2.45) is 10.9 Å². The Labute approximate surface area is 148 Å². The van der Waals surface area contributed by atoms with Crippen LogP contribution in [0, 0.1) is 5.92 Å². The number of likely N-dealkylation sites (tertiary alicyclic amines) is 1. The third-order valence-corrected chi connectivity index (χ3v) is 4.30. The highest BCUT2D eigenvalue weighted by Crippen LogP contribution is 2.19. The van der Waals surface area contributed by atoms with E-state index in [1.807, 2.05) is 0 Å². The van der Waals surface area contributed by atoms with Crippen LogP contribution in [0.3, 0.4) is 0 Å². The summed E-state index contributed by atoms with van der Waals surface area (Å²) >= 11 is 0. The second kappa shape index (κ2) is 12.5. The number of hydrogen-bond acceptors (Lipinski definition) is 2. The smallest absolute Gasteiger partial charge is 0.191 e. The summed E-state index contributed by atoms with van der Waals surface area (Å²) in [6.07, 6.45) is 5.05. The minimum Gasteiger partial charge on any atom is -0.357 e. The van der Waals surface area contributed by atoms with Crippen LogP contribution >= 0.6 is 24.0 Å².